The summed E-state index contributed by atoms with van der Waals surface area (Å²) in [6.45, 7) is 4.19. The van der Waals surface area contributed by atoms with Crippen LogP contribution in [0.3, 0.4) is 0 Å². The molecule has 2 saturated heterocycles. The van der Waals surface area contributed by atoms with Crippen molar-refractivity contribution in [3.8, 4) is 5.75 Å². The van der Waals surface area contributed by atoms with Crippen LogP contribution in [0.25, 0.3) is 0 Å². The molecular weight excluding hydrogens is 533 g/mol. The quantitative estimate of drug-likeness (QED) is 0.364. The second kappa shape index (κ2) is 13.3. The van der Waals surface area contributed by atoms with Gasteiger partial charge in [-0.2, -0.15) is 13.2 Å². The van der Waals surface area contributed by atoms with Gasteiger partial charge in [0.25, 0.3) is 0 Å². The van der Waals surface area contributed by atoms with Gasteiger partial charge in [0, 0.05) is 44.1 Å². The van der Waals surface area contributed by atoms with E-state index in [1.807, 2.05) is 24.0 Å². The summed E-state index contributed by atoms with van der Waals surface area (Å²) in [5.41, 5.74) is 0.198. The molecule has 1 saturated carbocycles. The highest BCUT2D eigenvalue weighted by Crippen LogP contribution is 2.38. The zero-order chi connectivity index (χ0) is 28.8. The van der Waals surface area contributed by atoms with Crippen LogP contribution < -0.4 is 4.74 Å². The first-order chi connectivity index (χ1) is 19.8. The number of nitrogens with one attached hydrogen (secondary N) is 1. The molecule has 41 heavy (non-hydrogen) atoms. The number of likely N-dealkylation sites (tertiary alicyclic amines) is 1. The summed E-state index contributed by atoms with van der Waals surface area (Å²) in [6.07, 6.45) is 8.31. The third kappa shape index (κ3) is 7.62. The van der Waals surface area contributed by atoms with Gasteiger partial charge >= 0.3 is 6.18 Å². The second-order valence-electron chi connectivity index (χ2n) is 11.4. The molecule has 222 valence electrons. The summed E-state index contributed by atoms with van der Waals surface area (Å²) < 4.78 is 52.5. The first-order valence-electron chi connectivity index (χ1n) is 14.6. The van der Waals surface area contributed by atoms with E-state index in [1.54, 1.807) is 0 Å². The Morgan fingerprint density at radius 1 is 1.15 bits per heavy atom. The molecule has 3 heterocycles. The molecule has 1 aromatic heterocycles. The monoisotopic (exact) mass is 572 g/mol. The minimum Gasteiger partial charge on any atom is -0.486 e. The van der Waals surface area contributed by atoms with Crippen LogP contribution in [-0.4, -0.2) is 64.4 Å². The predicted molar refractivity (Wildman–Crippen MR) is 150 cm³/mol. The molecule has 1 unspecified atom stereocenters. The largest absolute Gasteiger partial charge is 0.486 e. The summed E-state index contributed by atoms with van der Waals surface area (Å²) in [7, 11) is 1.87. The van der Waals surface area contributed by atoms with Gasteiger partial charge in [-0.1, -0.05) is 6.07 Å². The van der Waals surface area contributed by atoms with Gasteiger partial charge in [0.1, 0.15) is 18.2 Å². The highest BCUT2D eigenvalue weighted by molar-refractivity contribution is 5.77. The first kappa shape index (κ1) is 29.4. The van der Waals surface area contributed by atoms with Crippen molar-refractivity contribution in [3.63, 3.8) is 0 Å². The number of ether oxygens (including phenoxy) is 2. The lowest BCUT2D eigenvalue weighted by molar-refractivity contribution is -0.137. The number of aliphatic imine (C=N–C) groups is 1. The van der Waals surface area contributed by atoms with Crippen LogP contribution >= 0.6 is 0 Å². The van der Waals surface area contributed by atoms with Crippen molar-refractivity contribution in [3.05, 3.63) is 53.3 Å². The molecule has 0 spiro atoms. The Hall–Kier alpha value is -3.05. The topological polar surface area (TPSA) is 88.6 Å². The summed E-state index contributed by atoms with van der Waals surface area (Å²) in [5.74, 6) is 2.39. The molecule has 0 radical (unpaired) electrons. The molecule has 1 aliphatic carbocycles. The Morgan fingerprint density at radius 3 is 2.61 bits per heavy atom. The summed E-state index contributed by atoms with van der Waals surface area (Å²) in [4.78, 5) is 7.04. The number of hydrogen-bond acceptors (Lipinski definition) is 7. The lowest BCUT2D eigenvalue weighted by Gasteiger charge is -2.36. The molecule has 2 atom stereocenters. The smallest absolute Gasteiger partial charge is 0.416 e. The van der Waals surface area contributed by atoms with Gasteiger partial charge in [0.05, 0.1) is 18.3 Å². The number of halogens is 3. The van der Waals surface area contributed by atoms with Crippen molar-refractivity contribution in [2.45, 2.75) is 69.8 Å². The molecule has 3 fully saturated rings. The van der Waals surface area contributed by atoms with E-state index in [1.165, 1.54) is 37.9 Å². The zero-order valence-electron chi connectivity index (χ0n) is 23.5. The Kier molecular flexibility index (Phi) is 9.54. The van der Waals surface area contributed by atoms with Crippen molar-refractivity contribution in [1.29, 1.82) is 5.41 Å². The molecule has 2 aliphatic heterocycles. The Balaban J connectivity index is 1.09. The van der Waals surface area contributed by atoms with Crippen molar-refractivity contribution < 1.29 is 22.6 Å². The number of nitrogens with zero attached hydrogens (tertiary/aromatic N) is 5. The molecule has 1 N–H and O–H groups in total. The molecule has 0 amide bonds. The van der Waals surface area contributed by atoms with Crippen LogP contribution in [0.4, 0.5) is 13.2 Å². The van der Waals surface area contributed by atoms with E-state index in [0.29, 0.717) is 24.5 Å². The molecule has 1 aromatic carbocycles. The maximum Gasteiger partial charge on any atom is 0.416 e. The standard InChI is InChI=1S/C30H39F3N6O2/c1-38-28(20-41-26-5-2-4-25(14-26)30(31,32)33)36-37-29(38)23-9-7-22(8-10-23)24(15-34)17-35-16-21-6-11-27(40-19-21)18-39-12-3-13-39/h2,4-5,14-17,21-23,27,34H,3,6-13,18-20H2,1H3/b24-17+,34-15?,35-16+/t21?,22-,23-,27-/m0/s1. The summed E-state index contributed by atoms with van der Waals surface area (Å²) in [6, 6.07) is 4.84. The van der Waals surface area contributed by atoms with Gasteiger partial charge < -0.3 is 24.4 Å². The van der Waals surface area contributed by atoms with E-state index in [9.17, 15) is 13.2 Å². The second-order valence-corrected chi connectivity index (χ2v) is 11.4. The van der Waals surface area contributed by atoms with E-state index in [-0.39, 0.29) is 24.2 Å². The minimum atomic E-state index is -4.42. The fourth-order valence-corrected chi connectivity index (χ4v) is 5.90. The average Bonchev–Trinajstić information content (AvgIpc) is 3.32. The maximum absolute atomic E-state index is 13.0. The van der Waals surface area contributed by atoms with Crippen molar-refractivity contribution in [2.24, 2.45) is 23.9 Å². The summed E-state index contributed by atoms with van der Waals surface area (Å²) in [5, 5.41) is 16.6. The minimum absolute atomic E-state index is 0.0317. The van der Waals surface area contributed by atoms with Gasteiger partial charge in [-0.25, -0.2) is 0 Å². The van der Waals surface area contributed by atoms with Crippen LogP contribution in [0.5, 0.6) is 5.75 Å². The third-order valence-electron chi connectivity index (χ3n) is 8.59. The lowest BCUT2D eigenvalue weighted by Crippen LogP contribution is -2.44. The maximum atomic E-state index is 13.0. The number of hydrogen-bond donors (Lipinski definition) is 1. The van der Waals surface area contributed by atoms with Crippen LogP contribution in [-0.2, 0) is 24.6 Å². The fourth-order valence-electron chi connectivity index (χ4n) is 5.90. The highest BCUT2D eigenvalue weighted by atomic mass is 19.4. The van der Waals surface area contributed by atoms with Crippen LogP contribution in [0.1, 0.15) is 68.1 Å². The number of aromatic nitrogens is 3. The molecule has 11 heteroatoms. The van der Waals surface area contributed by atoms with Crippen LogP contribution in [0, 0.1) is 17.2 Å². The fraction of sp³-hybridized carbons (Fsp3) is 0.600. The average molecular weight is 573 g/mol. The van der Waals surface area contributed by atoms with Crippen molar-refractivity contribution in [1.82, 2.24) is 19.7 Å². The van der Waals surface area contributed by atoms with E-state index < -0.39 is 11.7 Å². The lowest BCUT2D eigenvalue weighted by atomic mass is 9.78. The van der Waals surface area contributed by atoms with Crippen LogP contribution in [0.2, 0.25) is 0 Å². The highest BCUT2D eigenvalue weighted by Gasteiger charge is 2.31. The molecule has 3 aliphatic rings. The Labute approximate surface area is 239 Å². The van der Waals surface area contributed by atoms with Gasteiger partial charge in [0.15, 0.2) is 5.82 Å². The first-order valence-corrected chi connectivity index (χ1v) is 14.6. The van der Waals surface area contributed by atoms with E-state index in [2.05, 4.69) is 20.1 Å². The SMILES string of the molecule is Cn1c(COc2cccc(C(F)(F)F)c2)nnc1[C@H]1CC[C@H](/C(C=N)=C/N=C/C2CC[C@@H](CN3CCC3)OC2)CC1. The molecule has 2 aromatic rings. The van der Waals surface area contributed by atoms with Gasteiger partial charge in [-0.3, -0.25) is 4.99 Å². The van der Waals surface area contributed by atoms with Crippen LogP contribution in [0.15, 0.2) is 41.0 Å². The predicted octanol–water partition coefficient (Wildman–Crippen LogP) is 5.79. The van der Waals surface area contributed by atoms with Crippen molar-refractivity contribution >= 4 is 12.4 Å². The van der Waals surface area contributed by atoms with Gasteiger partial charge in [-0.15, -0.1) is 10.2 Å². The normalized spacial score (nSPS) is 26.2. The van der Waals surface area contributed by atoms with E-state index >= 15 is 0 Å². The number of allylic oxidation sites excluding steroid dienone is 1. The van der Waals surface area contributed by atoms with E-state index in [4.69, 9.17) is 14.9 Å². The zero-order valence-corrected chi connectivity index (χ0v) is 23.5. The van der Waals surface area contributed by atoms with Gasteiger partial charge in [0.2, 0.25) is 0 Å². The summed E-state index contributed by atoms with van der Waals surface area (Å²) >= 11 is 0. The van der Waals surface area contributed by atoms with Crippen molar-refractivity contribution in [2.75, 3.05) is 26.2 Å². The number of alkyl halides is 3. The molecular formula is C30H39F3N6O2. The molecule has 8 nitrogen and oxygen atoms in total. The number of benzene rings is 1. The number of rotatable bonds is 10. The molecule has 5 rings (SSSR count). The Morgan fingerprint density at radius 2 is 1.95 bits per heavy atom. The Bertz CT molecular complexity index is 1220. The molecule has 0 bridgehead atoms. The van der Waals surface area contributed by atoms with E-state index in [0.717, 1.165) is 68.6 Å². The third-order valence-corrected chi connectivity index (χ3v) is 8.59. The van der Waals surface area contributed by atoms with Gasteiger partial charge in [-0.05, 0) is 87.7 Å².